The molecular formula is C20H24ClN3. The molecule has 0 N–H and O–H groups in total. The van der Waals surface area contributed by atoms with Crippen molar-refractivity contribution in [3.05, 3.63) is 70.2 Å². The molecule has 126 valence electrons. The molecule has 1 heterocycles. The molecule has 4 heteroatoms. The number of halogens is 1. The van der Waals surface area contributed by atoms with Crippen LogP contribution >= 0.6 is 11.6 Å². The van der Waals surface area contributed by atoms with E-state index in [1.54, 1.807) is 0 Å². The maximum Gasteiger partial charge on any atom is 0.0661 e. The van der Waals surface area contributed by atoms with Crippen LogP contribution in [-0.2, 0) is 6.54 Å². The van der Waals surface area contributed by atoms with Gasteiger partial charge in [0, 0.05) is 43.3 Å². The number of hydrazone groups is 1. The van der Waals surface area contributed by atoms with Crippen LogP contribution in [0.25, 0.3) is 0 Å². The molecule has 0 bridgehead atoms. The van der Waals surface area contributed by atoms with Crippen LogP contribution in [0, 0.1) is 6.92 Å². The molecule has 24 heavy (non-hydrogen) atoms. The van der Waals surface area contributed by atoms with Crippen molar-refractivity contribution in [2.75, 3.05) is 26.2 Å². The lowest BCUT2D eigenvalue weighted by Crippen LogP contribution is -2.43. The average Bonchev–Trinajstić information content (AvgIpc) is 2.59. The van der Waals surface area contributed by atoms with Gasteiger partial charge in [0.1, 0.15) is 0 Å². The maximum absolute atomic E-state index is 6.25. The Bertz CT molecular complexity index is 701. The lowest BCUT2D eigenvalue weighted by atomic mass is 10.1. The van der Waals surface area contributed by atoms with Crippen LogP contribution in [0.2, 0.25) is 5.02 Å². The molecule has 0 aliphatic carbocycles. The SMILES string of the molecule is CC(=NN1CCN(Cc2ccc(C)cc2)CC1)c1ccccc1Cl. The van der Waals surface area contributed by atoms with Crippen molar-refractivity contribution in [2.45, 2.75) is 20.4 Å². The third-order valence-electron chi connectivity index (χ3n) is 4.43. The molecule has 0 amide bonds. The minimum Gasteiger partial charge on any atom is -0.295 e. The summed E-state index contributed by atoms with van der Waals surface area (Å²) in [5.74, 6) is 0. The summed E-state index contributed by atoms with van der Waals surface area (Å²) in [6.45, 7) is 9.14. The molecule has 3 nitrogen and oxygen atoms in total. The Balaban J connectivity index is 1.56. The third-order valence-corrected chi connectivity index (χ3v) is 4.76. The van der Waals surface area contributed by atoms with Crippen LogP contribution in [0.5, 0.6) is 0 Å². The first-order valence-corrected chi connectivity index (χ1v) is 8.82. The highest BCUT2D eigenvalue weighted by molar-refractivity contribution is 6.34. The Morgan fingerprint density at radius 2 is 1.67 bits per heavy atom. The van der Waals surface area contributed by atoms with Gasteiger partial charge in [-0.05, 0) is 25.5 Å². The van der Waals surface area contributed by atoms with Gasteiger partial charge in [0.25, 0.3) is 0 Å². The van der Waals surface area contributed by atoms with Gasteiger partial charge in [0.15, 0.2) is 0 Å². The van der Waals surface area contributed by atoms with Crippen LogP contribution in [0.1, 0.15) is 23.6 Å². The van der Waals surface area contributed by atoms with Crippen LogP contribution in [-0.4, -0.2) is 41.8 Å². The molecule has 1 saturated heterocycles. The van der Waals surface area contributed by atoms with E-state index in [1.807, 2.05) is 31.2 Å². The molecule has 2 aromatic carbocycles. The topological polar surface area (TPSA) is 18.8 Å². The average molecular weight is 342 g/mol. The number of hydrogen-bond acceptors (Lipinski definition) is 3. The minimum atomic E-state index is 0.761. The third kappa shape index (κ3) is 4.37. The zero-order valence-electron chi connectivity index (χ0n) is 14.4. The summed E-state index contributed by atoms with van der Waals surface area (Å²) < 4.78 is 0. The number of piperazine rings is 1. The van der Waals surface area contributed by atoms with E-state index in [1.165, 1.54) is 11.1 Å². The summed E-state index contributed by atoms with van der Waals surface area (Å²) in [7, 11) is 0. The van der Waals surface area contributed by atoms with Crippen molar-refractivity contribution in [2.24, 2.45) is 5.10 Å². The number of nitrogens with zero attached hydrogens (tertiary/aromatic N) is 3. The fourth-order valence-electron chi connectivity index (χ4n) is 2.97. The monoisotopic (exact) mass is 341 g/mol. The highest BCUT2D eigenvalue weighted by Gasteiger charge is 2.16. The van der Waals surface area contributed by atoms with Crippen LogP contribution < -0.4 is 0 Å². The second kappa shape index (κ2) is 7.82. The zero-order chi connectivity index (χ0) is 16.9. The van der Waals surface area contributed by atoms with Gasteiger partial charge in [0.05, 0.1) is 5.71 Å². The van der Waals surface area contributed by atoms with Gasteiger partial charge in [-0.1, -0.05) is 59.6 Å². The second-order valence-electron chi connectivity index (χ2n) is 6.38. The molecule has 0 saturated carbocycles. The summed E-state index contributed by atoms with van der Waals surface area (Å²) in [6.07, 6.45) is 0. The van der Waals surface area contributed by atoms with Gasteiger partial charge >= 0.3 is 0 Å². The first-order chi connectivity index (χ1) is 11.6. The Morgan fingerprint density at radius 3 is 2.33 bits per heavy atom. The Hall–Kier alpha value is -1.84. The quantitative estimate of drug-likeness (QED) is 0.776. The Morgan fingerprint density at radius 1 is 1.00 bits per heavy atom. The molecule has 0 spiro atoms. The molecule has 1 aliphatic heterocycles. The lowest BCUT2D eigenvalue weighted by molar-refractivity contribution is 0.130. The Labute approximate surface area is 149 Å². The maximum atomic E-state index is 6.25. The van der Waals surface area contributed by atoms with E-state index < -0.39 is 0 Å². The van der Waals surface area contributed by atoms with Crippen molar-refractivity contribution in [1.82, 2.24) is 9.91 Å². The molecule has 1 aliphatic rings. The fourth-order valence-corrected chi connectivity index (χ4v) is 3.24. The van der Waals surface area contributed by atoms with E-state index in [9.17, 15) is 0 Å². The first kappa shape index (κ1) is 17.0. The van der Waals surface area contributed by atoms with Crippen molar-refractivity contribution in [1.29, 1.82) is 0 Å². The van der Waals surface area contributed by atoms with Crippen molar-refractivity contribution in [3.63, 3.8) is 0 Å². The molecular weight excluding hydrogens is 318 g/mol. The van der Waals surface area contributed by atoms with Crippen molar-refractivity contribution in [3.8, 4) is 0 Å². The van der Waals surface area contributed by atoms with Gasteiger partial charge in [-0.15, -0.1) is 0 Å². The highest BCUT2D eigenvalue weighted by atomic mass is 35.5. The van der Waals surface area contributed by atoms with Gasteiger partial charge < -0.3 is 0 Å². The lowest BCUT2D eigenvalue weighted by Gasteiger charge is -2.33. The van der Waals surface area contributed by atoms with Crippen LogP contribution in [0.15, 0.2) is 53.6 Å². The molecule has 2 aromatic rings. The summed E-state index contributed by atoms with van der Waals surface area (Å²) in [4.78, 5) is 2.49. The van der Waals surface area contributed by atoms with Gasteiger partial charge in [0.2, 0.25) is 0 Å². The van der Waals surface area contributed by atoms with Gasteiger partial charge in [-0.25, -0.2) is 0 Å². The molecule has 0 atom stereocenters. The number of aryl methyl sites for hydroxylation is 1. The highest BCUT2D eigenvalue weighted by Crippen LogP contribution is 2.17. The van der Waals surface area contributed by atoms with E-state index in [-0.39, 0.29) is 0 Å². The molecule has 3 rings (SSSR count). The summed E-state index contributed by atoms with van der Waals surface area (Å²) >= 11 is 6.25. The number of rotatable bonds is 4. The minimum absolute atomic E-state index is 0.761. The molecule has 0 radical (unpaired) electrons. The fraction of sp³-hybridized carbons (Fsp3) is 0.350. The van der Waals surface area contributed by atoms with E-state index in [4.69, 9.17) is 16.7 Å². The predicted molar refractivity (Wildman–Crippen MR) is 102 cm³/mol. The number of benzene rings is 2. The first-order valence-electron chi connectivity index (χ1n) is 8.45. The number of hydrogen-bond donors (Lipinski definition) is 0. The van der Waals surface area contributed by atoms with E-state index in [0.29, 0.717) is 0 Å². The van der Waals surface area contributed by atoms with Crippen molar-refractivity contribution >= 4 is 17.3 Å². The molecule has 1 fully saturated rings. The second-order valence-corrected chi connectivity index (χ2v) is 6.79. The largest absolute Gasteiger partial charge is 0.295 e. The Kier molecular flexibility index (Phi) is 5.54. The van der Waals surface area contributed by atoms with E-state index >= 15 is 0 Å². The summed E-state index contributed by atoms with van der Waals surface area (Å²) in [6, 6.07) is 16.7. The van der Waals surface area contributed by atoms with Crippen LogP contribution in [0.3, 0.4) is 0 Å². The van der Waals surface area contributed by atoms with Crippen molar-refractivity contribution < 1.29 is 0 Å². The van der Waals surface area contributed by atoms with E-state index in [2.05, 4.69) is 41.1 Å². The van der Waals surface area contributed by atoms with E-state index in [0.717, 1.165) is 49.0 Å². The summed E-state index contributed by atoms with van der Waals surface area (Å²) in [5, 5.41) is 7.68. The standard InChI is InChI=1S/C20H24ClN3/c1-16-7-9-18(10-8-16)15-23-11-13-24(14-12-23)22-17(2)19-5-3-4-6-20(19)21/h3-10H,11-15H2,1-2H3. The smallest absolute Gasteiger partial charge is 0.0661 e. The van der Waals surface area contributed by atoms with Crippen LogP contribution in [0.4, 0.5) is 0 Å². The van der Waals surface area contributed by atoms with Gasteiger partial charge in [-0.3, -0.25) is 9.91 Å². The normalized spacial score (nSPS) is 16.5. The zero-order valence-corrected chi connectivity index (χ0v) is 15.1. The molecule has 0 unspecified atom stereocenters. The predicted octanol–water partition coefficient (Wildman–Crippen LogP) is 4.19. The summed E-state index contributed by atoms with van der Waals surface area (Å²) in [5.41, 5.74) is 4.69. The molecule has 0 aromatic heterocycles. The van der Waals surface area contributed by atoms with Gasteiger partial charge in [-0.2, -0.15) is 5.10 Å².